The molecule has 0 aliphatic rings. The Hall–Kier alpha value is -1.14. The zero-order chi connectivity index (χ0) is 15.5. The Morgan fingerprint density at radius 2 is 1.76 bits per heavy atom. The van der Waals surface area contributed by atoms with Gasteiger partial charge in [0.1, 0.15) is 5.75 Å². The lowest BCUT2D eigenvalue weighted by Gasteiger charge is -2.19. The van der Waals surface area contributed by atoms with Crippen LogP contribution in [0.2, 0.25) is 0 Å². The third-order valence-corrected chi connectivity index (χ3v) is 4.21. The van der Waals surface area contributed by atoms with Crippen molar-refractivity contribution in [2.75, 3.05) is 19.0 Å². The van der Waals surface area contributed by atoms with E-state index < -0.39 is 12.5 Å². The topological polar surface area (TPSA) is 21.3 Å². The molecule has 0 radical (unpaired) electrons. The number of halogens is 4. The van der Waals surface area contributed by atoms with Crippen molar-refractivity contribution in [3.05, 3.63) is 57.0 Å². The highest BCUT2D eigenvalue weighted by atomic mass is 79.9. The van der Waals surface area contributed by atoms with Gasteiger partial charge < -0.3 is 10.1 Å². The number of ether oxygens (including phenoxy) is 1. The first kappa shape index (κ1) is 16.2. The summed E-state index contributed by atoms with van der Waals surface area (Å²) in [6, 6.07) is 11.2. The molecule has 0 amide bonds. The van der Waals surface area contributed by atoms with Crippen LogP contribution in [-0.2, 0) is 5.92 Å². The summed E-state index contributed by atoms with van der Waals surface area (Å²) in [6.45, 7) is -0.500. The number of nitrogens with one attached hydrogen (secondary N) is 1. The van der Waals surface area contributed by atoms with E-state index in [1.807, 2.05) is 0 Å². The highest BCUT2D eigenvalue weighted by Gasteiger charge is 2.31. The third kappa shape index (κ3) is 3.95. The van der Waals surface area contributed by atoms with Gasteiger partial charge >= 0.3 is 0 Å². The Bertz CT molecular complexity index is 621. The van der Waals surface area contributed by atoms with Crippen molar-refractivity contribution in [2.45, 2.75) is 5.92 Å². The minimum atomic E-state index is -2.96. The molecule has 0 saturated heterocycles. The van der Waals surface area contributed by atoms with Crippen LogP contribution in [0.4, 0.5) is 14.5 Å². The average molecular weight is 421 g/mol. The molecule has 0 atom stereocenters. The summed E-state index contributed by atoms with van der Waals surface area (Å²) >= 11 is 6.68. The number of alkyl halides is 2. The lowest BCUT2D eigenvalue weighted by molar-refractivity contribution is 0.0106. The molecule has 2 aromatic rings. The first-order valence-electron chi connectivity index (χ1n) is 6.14. The number of methoxy groups -OCH3 is 1. The molecule has 0 unspecified atom stereocenters. The molecule has 2 rings (SSSR count). The van der Waals surface area contributed by atoms with E-state index in [1.54, 1.807) is 30.3 Å². The van der Waals surface area contributed by atoms with Gasteiger partial charge in [0.25, 0.3) is 5.92 Å². The van der Waals surface area contributed by atoms with Gasteiger partial charge in [-0.25, -0.2) is 0 Å². The molecule has 112 valence electrons. The summed E-state index contributed by atoms with van der Waals surface area (Å²) < 4.78 is 34.8. The largest absolute Gasteiger partial charge is 0.495 e. The van der Waals surface area contributed by atoms with Gasteiger partial charge in [-0.15, -0.1) is 0 Å². The molecule has 2 aromatic carbocycles. The summed E-state index contributed by atoms with van der Waals surface area (Å²) in [6.07, 6.45) is 0. The maximum absolute atomic E-state index is 14.1. The SMILES string of the molecule is COc1cc(NCC(F)(F)c2ccccc2)c(Br)cc1Br. The Morgan fingerprint density at radius 1 is 1.10 bits per heavy atom. The lowest BCUT2D eigenvalue weighted by atomic mass is 10.1. The van der Waals surface area contributed by atoms with Crippen LogP contribution in [0.5, 0.6) is 5.75 Å². The lowest BCUT2D eigenvalue weighted by Crippen LogP contribution is -2.24. The van der Waals surface area contributed by atoms with Crippen LogP contribution in [0.25, 0.3) is 0 Å². The molecule has 6 heteroatoms. The summed E-state index contributed by atoms with van der Waals surface area (Å²) in [5.74, 6) is -2.38. The molecule has 0 aliphatic heterocycles. The highest BCUT2D eigenvalue weighted by molar-refractivity contribution is 9.11. The summed E-state index contributed by atoms with van der Waals surface area (Å²) in [7, 11) is 1.52. The monoisotopic (exact) mass is 419 g/mol. The van der Waals surface area contributed by atoms with Gasteiger partial charge in [-0.3, -0.25) is 0 Å². The van der Waals surface area contributed by atoms with E-state index in [4.69, 9.17) is 4.74 Å². The van der Waals surface area contributed by atoms with E-state index in [-0.39, 0.29) is 5.56 Å². The van der Waals surface area contributed by atoms with Crippen LogP contribution in [0.3, 0.4) is 0 Å². The Kier molecular flexibility index (Phi) is 5.22. The molecule has 0 spiro atoms. The van der Waals surface area contributed by atoms with Crippen LogP contribution < -0.4 is 10.1 Å². The van der Waals surface area contributed by atoms with E-state index in [0.717, 1.165) is 4.47 Å². The third-order valence-electron chi connectivity index (χ3n) is 2.94. The maximum atomic E-state index is 14.1. The smallest absolute Gasteiger partial charge is 0.290 e. The van der Waals surface area contributed by atoms with Gasteiger partial charge in [0.2, 0.25) is 0 Å². The van der Waals surface area contributed by atoms with Crippen LogP contribution in [-0.4, -0.2) is 13.7 Å². The fourth-order valence-corrected chi connectivity index (χ4v) is 3.11. The predicted octanol–water partition coefficient (Wildman–Crippen LogP) is 5.42. The zero-order valence-electron chi connectivity index (χ0n) is 11.2. The Labute approximate surface area is 138 Å². The van der Waals surface area contributed by atoms with Gasteiger partial charge in [0.15, 0.2) is 0 Å². The van der Waals surface area contributed by atoms with Crippen molar-refractivity contribution in [3.63, 3.8) is 0 Å². The predicted molar refractivity (Wildman–Crippen MR) is 87.2 cm³/mol. The van der Waals surface area contributed by atoms with Crippen molar-refractivity contribution >= 4 is 37.5 Å². The minimum absolute atomic E-state index is 0.0160. The number of hydrogen-bond donors (Lipinski definition) is 1. The molecule has 2 nitrogen and oxygen atoms in total. The summed E-state index contributed by atoms with van der Waals surface area (Å²) in [5, 5.41) is 2.76. The van der Waals surface area contributed by atoms with E-state index >= 15 is 0 Å². The number of anilines is 1. The van der Waals surface area contributed by atoms with Gasteiger partial charge in [0.05, 0.1) is 23.8 Å². The second-order valence-electron chi connectivity index (χ2n) is 4.39. The molecule has 0 fully saturated rings. The average Bonchev–Trinajstić information content (AvgIpc) is 2.47. The molecule has 0 aromatic heterocycles. The zero-order valence-corrected chi connectivity index (χ0v) is 14.3. The fourth-order valence-electron chi connectivity index (χ4n) is 1.81. The van der Waals surface area contributed by atoms with Crippen molar-refractivity contribution in [3.8, 4) is 5.75 Å². The first-order chi connectivity index (χ1) is 9.94. The quantitative estimate of drug-likeness (QED) is 0.696. The van der Waals surface area contributed by atoms with Crippen molar-refractivity contribution < 1.29 is 13.5 Å². The van der Waals surface area contributed by atoms with E-state index in [0.29, 0.717) is 15.9 Å². The van der Waals surface area contributed by atoms with Crippen molar-refractivity contribution in [1.29, 1.82) is 0 Å². The van der Waals surface area contributed by atoms with E-state index in [9.17, 15) is 8.78 Å². The molecule has 0 aliphatic carbocycles. The number of hydrogen-bond acceptors (Lipinski definition) is 2. The number of benzene rings is 2. The molecule has 0 saturated carbocycles. The van der Waals surface area contributed by atoms with Gasteiger partial charge in [-0.1, -0.05) is 30.3 Å². The molecule has 0 heterocycles. The van der Waals surface area contributed by atoms with E-state index in [1.165, 1.54) is 19.2 Å². The first-order valence-corrected chi connectivity index (χ1v) is 7.73. The highest BCUT2D eigenvalue weighted by Crippen LogP contribution is 2.36. The van der Waals surface area contributed by atoms with Crippen molar-refractivity contribution in [2.24, 2.45) is 0 Å². The van der Waals surface area contributed by atoms with Gasteiger partial charge in [-0.2, -0.15) is 8.78 Å². The second kappa shape index (κ2) is 6.75. The molecular formula is C15H13Br2F2NO. The van der Waals surface area contributed by atoms with Crippen molar-refractivity contribution in [1.82, 2.24) is 0 Å². The number of rotatable bonds is 5. The van der Waals surface area contributed by atoms with E-state index in [2.05, 4.69) is 37.2 Å². The van der Waals surface area contributed by atoms with Gasteiger partial charge in [-0.05, 0) is 37.9 Å². The molecule has 21 heavy (non-hydrogen) atoms. The Morgan fingerprint density at radius 3 is 2.38 bits per heavy atom. The molecule has 1 N–H and O–H groups in total. The standard InChI is InChI=1S/C15H13Br2F2NO/c1-21-14-8-13(11(16)7-12(14)17)20-9-15(18,19)10-5-3-2-4-6-10/h2-8,20H,9H2,1H3. The molecule has 0 bridgehead atoms. The normalized spacial score (nSPS) is 11.3. The van der Waals surface area contributed by atoms with Gasteiger partial charge in [0, 0.05) is 16.1 Å². The Balaban J connectivity index is 2.16. The second-order valence-corrected chi connectivity index (χ2v) is 6.10. The van der Waals surface area contributed by atoms with Crippen LogP contribution >= 0.6 is 31.9 Å². The fraction of sp³-hybridized carbons (Fsp3) is 0.200. The summed E-state index contributed by atoms with van der Waals surface area (Å²) in [5.41, 5.74) is 0.531. The van der Waals surface area contributed by atoms with Crippen LogP contribution in [0.1, 0.15) is 5.56 Å². The summed E-state index contributed by atoms with van der Waals surface area (Å²) in [4.78, 5) is 0. The minimum Gasteiger partial charge on any atom is -0.495 e. The van der Waals surface area contributed by atoms with Crippen LogP contribution in [0, 0.1) is 0 Å². The molecular weight excluding hydrogens is 408 g/mol. The van der Waals surface area contributed by atoms with Crippen LogP contribution in [0.15, 0.2) is 51.4 Å². The maximum Gasteiger partial charge on any atom is 0.290 e.